The van der Waals surface area contributed by atoms with Crippen molar-refractivity contribution in [1.82, 2.24) is 10.2 Å². The summed E-state index contributed by atoms with van der Waals surface area (Å²) in [6.45, 7) is 5.92. The summed E-state index contributed by atoms with van der Waals surface area (Å²) in [6.07, 6.45) is 0.459. The van der Waals surface area contributed by atoms with E-state index >= 15 is 0 Å². The standard InChI is InChI=1S/C9H18N2O2/c1-7-5-11(4-3-8(2)12)6-9(13)10-7/h7-8,12H,3-6H2,1-2H3,(H,10,13). The van der Waals surface area contributed by atoms with E-state index in [9.17, 15) is 4.79 Å². The molecule has 1 saturated heterocycles. The lowest BCUT2D eigenvalue weighted by Crippen LogP contribution is -2.53. The normalized spacial score (nSPS) is 27.0. The Morgan fingerprint density at radius 1 is 1.77 bits per heavy atom. The Hall–Kier alpha value is -0.610. The second-order valence-corrected chi connectivity index (χ2v) is 3.84. The van der Waals surface area contributed by atoms with Gasteiger partial charge in [-0.1, -0.05) is 0 Å². The minimum Gasteiger partial charge on any atom is -0.393 e. The van der Waals surface area contributed by atoms with Crippen molar-refractivity contribution < 1.29 is 9.90 Å². The molecule has 0 spiro atoms. The number of nitrogens with zero attached hydrogens (tertiary/aromatic N) is 1. The Kier molecular flexibility index (Phi) is 3.69. The molecule has 1 aliphatic heterocycles. The minimum absolute atomic E-state index is 0.0874. The van der Waals surface area contributed by atoms with E-state index < -0.39 is 0 Å². The lowest BCUT2D eigenvalue weighted by Gasteiger charge is -2.31. The van der Waals surface area contributed by atoms with Gasteiger partial charge in [-0.3, -0.25) is 9.69 Å². The number of aliphatic hydroxyl groups is 1. The zero-order chi connectivity index (χ0) is 9.84. The van der Waals surface area contributed by atoms with Crippen LogP contribution in [0.25, 0.3) is 0 Å². The van der Waals surface area contributed by atoms with E-state index in [2.05, 4.69) is 10.2 Å². The van der Waals surface area contributed by atoms with Crippen LogP contribution >= 0.6 is 0 Å². The van der Waals surface area contributed by atoms with Crippen molar-refractivity contribution >= 4 is 5.91 Å². The summed E-state index contributed by atoms with van der Waals surface area (Å²) in [7, 11) is 0. The molecule has 0 aromatic carbocycles. The van der Waals surface area contributed by atoms with E-state index in [4.69, 9.17) is 5.11 Å². The molecule has 1 fully saturated rings. The molecule has 1 aliphatic rings. The van der Waals surface area contributed by atoms with Gasteiger partial charge in [-0.05, 0) is 20.3 Å². The van der Waals surface area contributed by atoms with E-state index in [1.54, 1.807) is 6.92 Å². The lowest BCUT2D eigenvalue weighted by atomic mass is 10.2. The minimum atomic E-state index is -0.278. The maximum Gasteiger partial charge on any atom is 0.234 e. The molecule has 1 amide bonds. The van der Waals surface area contributed by atoms with Crippen LogP contribution in [-0.2, 0) is 4.79 Å². The highest BCUT2D eigenvalue weighted by Crippen LogP contribution is 2.01. The van der Waals surface area contributed by atoms with Crippen LogP contribution < -0.4 is 5.32 Å². The first-order chi connectivity index (χ1) is 6.08. The van der Waals surface area contributed by atoms with Gasteiger partial charge in [-0.2, -0.15) is 0 Å². The van der Waals surface area contributed by atoms with E-state index in [1.165, 1.54) is 0 Å². The van der Waals surface area contributed by atoms with Crippen molar-refractivity contribution in [2.75, 3.05) is 19.6 Å². The third-order valence-corrected chi connectivity index (χ3v) is 2.17. The predicted molar refractivity (Wildman–Crippen MR) is 50.3 cm³/mol. The lowest BCUT2D eigenvalue weighted by molar-refractivity contribution is -0.125. The maximum absolute atomic E-state index is 11.1. The van der Waals surface area contributed by atoms with Gasteiger partial charge in [0.05, 0.1) is 12.6 Å². The number of aliphatic hydroxyl groups excluding tert-OH is 1. The predicted octanol–water partition coefficient (Wildman–Crippen LogP) is -0.422. The van der Waals surface area contributed by atoms with Gasteiger partial charge < -0.3 is 10.4 Å². The third-order valence-electron chi connectivity index (χ3n) is 2.17. The second-order valence-electron chi connectivity index (χ2n) is 3.84. The average Bonchev–Trinajstić information content (AvgIpc) is 1.99. The number of piperazine rings is 1. The van der Waals surface area contributed by atoms with Gasteiger partial charge in [-0.25, -0.2) is 0 Å². The van der Waals surface area contributed by atoms with Crippen molar-refractivity contribution in [2.45, 2.75) is 32.4 Å². The third kappa shape index (κ3) is 3.74. The van der Waals surface area contributed by atoms with Crippen LogP contribution in [0.3, 0.4) is 0 Å². The molecule has 0 bridgehead atoms. The van der Waals surface area contributed by atoms with Crippen LogP contribution in [0.2, 0.25) is 0 Å². The first-order valence-electron chi connectivity index (χ1n) is 4.77. The SMILES string of the molecule is CC(O)CCN1CC(=O)NC(C)C1. The highest BCUT2D eigenvalue weighted by atomic mass is 16.3. The quantitative estimate of drug-likeness (QED) is 0.629. The molecule has 2 unspecified atom stereocenters. The van der Waals surface area contributed by atoms with Crippen molar-refractivity contribution in [3.63, 3.8) is 0 Å². The largest absolute Gasteiger partial charge is 0.393 e. The van der Waals surface area contributed by atoms with Crippen LogP contribution in [0, 0.1) is 0 Å². The molecule has 1 heterocycles. The topological polar surface area (TPSA) is 52.6 Å². The Morgan fingerprint density at radius 3 is 3.00 bits per heavy atom. The second kappa shape index (κ2) is 4.58. The summed E-state index contributed by atoms with van der Waals surface area (Å²) in [5.41, 5.74) is 0. The Bertz CT molecular complexity index is 182. The summed E-state index contributed by atoms with van der Waals surface area (Å²) in [4.78, 5) is 13.2. The van der Waals surface area contributed by atoms with E-state index in [-0.39, 0.29) is 18.1 Å². The highest BCUT2D eigenvalue weighted by molar-refractivity contribution is 5.79. The fraction of sp³-hybridized carbons (Fsp3) is 0.889. The molecule has 0 aromatic heterocycles. The Labute approximate surface area is 78.9 Å². The van der Waals surface area contributed by atoms with Gasteiger partial charge >= 0.3 is 0 Å². The molecule has 76 valence electrons. The van der Waals surface area contributed by atoms with Crippen molar-refractivity contribution in [3.05, 3.63) is 0 Å². The summed E-state index contributed by atoms with van der Waals surface area (Å²) >= 11 is 0. The monoisotopic (exact) mass is 186 g/mol. The van der Waals surface area contributed by atoms with Crippen LogP contribution in [0.5, 0.6) is 0 Å². The molecular formula is C9H18N2O2. The number of hydrogen-bond acceptors (Lipinski definition) is 3. The van der Waals surface area contributed by atoms with Gasteiger partial charge in [-0.15, -0.1) is 0 Å². The summed E-state index contributed by atoms with van der Waals surface area (Å²) in [6, 6.07) is 0.232. The summed E-state index contributed by atoms with van der Waals surface area (Å²) < 4.78 is 0. The Morgan fingerprint density at radius 2 is 2.46 bits per heavy atom. The molecule has 0 saturated carbocycles. The number of nitrogens with one attached hydrogen (secondary N) is 1. The van der Waals surface area contributed by atoms with Crippen LogP contribution in [0.15, 0.2) is 0 Å². The molecule has 0 aromatic rings. The van der Waals surface area contributed by atoms with Crippen LogP contribution in [0.1, 0.15) is 20.3 Å². The molecule has 2 N–H and O–H groups in total. The number of hydrogen-bond donors (Lipinski definition) is 2. The zero-order valence-corrected chi connectivity index (χ0v) is 8.29. The average molecular weight is 186 g/mol. The molecule has 4 heteroatoms. The molecule has 1 rings (SSSR count). The molecular weight excluding hydrogens is 168 g/mol. The van der Waals surface area contributed by atoms with Crippen molar-refractivity contribution in [1.29, 1.82) is 0 Å². The number of rotatable bonds is 3. The molecule has 4 nitrogen and oxygen atoms in total. The van der Waals surface area contributed by atoms with E-state index in [1.807, 2.05) is 6.92 Å². The smallest absolute Gasteiger partial charge is 0.234 e. The van der Waals surface area contributed by atoms with Gasteiger partial charge in [0.25, 0.3) is 0 Å². The molecule has 2 atom stereocenters. The fourth-order valence-corrected chi connectivity index (χ4v) is 1.56. The maximum atomic E-state index is 11.1. The van der Waals surface area contributed by atoms with E-state index in [0.717, 1.165) is 19.5 Å². The fourth-order valence-electron chi connectivity index (χ4n) is 1.56. The van der Waals surface area contributed by atoms with Gasteiger partial charge in [0.15, 0.2) is 0 Å². The first kappa shape index (κ1) is 10.5. The van der Waals surface area contributed by atoms with Crippen molar-refractivity contribution in [3.8, 4) is 0 Å². The first-order valence-corrected chi connectivity index (χ1v) is 4.77. The number of carbonyl (C=O) groups is 1. The van der Waals surface area contributed by atoms with Gasteiger partial charge in [0.1, 0.15) is 0 Å². The zero-order valence-electron chi connectivity index (χ0n) is 8.29. The Balaban J connectivity index is 2.29. The van der Waals surface area contributed by atoms with Gasteiger partial charge in [0.2, 0.25) is 5.91 Å². The molecule has 0 aliphatic carbocycles. The van der Waals surface area contributed by atoms with E-state index in [0.29, 0.717) is 6.54 Å². The van der Waals surface area contributed by atoms with Crippen LogP contribution in [0.4, 0.5) is 0 Å². The number of amides is 1. The number of carbonyl (C=O) groups excluding carboxylic acids is 1. The molecule has 0 radical (unpaired) electrons. The highest BCUT2D eigenvalue weighted by Gasteiger charge is 2.20. The summed E-state index contributed by atoms with van der Waals surface area (Å²) in [5, 5.41) is 11.9. The van der Waals surface area contributed by atoms with Gasteiger partial charge in [0, 0.05) is 19.1 Å². The summed E-state index contributed by atoms with van der Waals surface area (Å²) in [5.74, 6) is 0.0874. The van der Waals surface area contributed by atoms with Crippen LogP contribution in [-0.4, -0.2) is 47.7 Å². The molecule has 13 heavy (non-hydrogen) atoms. The van der Waals surface area contributed by atoms with Crippen molar-refractivity contribution in [2.24, 2.45) is 0 Å².